The van der Waals surface area contributed by atoms with Gasteiger partial charge in [0.05, 0.1) is 11.1 Å². The number of pyridine rings is 1. The SMILES string of the molecule is N#Cc1cc2ccccc2nc1N1CCNCC1C(N)=O. The number of rotatable bonds is 2. The van der Waals surface area contributed by atoms with E-state index in [4.69, 9.17) is 5.73 Å². The highest BCUT2D eigenvalue weighted by molar-refractivity contribution is 5.87. The lowest BCUT2D eigenvalue weighted by Gasteiger charge is -2.35. The van der Waals surface area contributed by atoms with Crippen molar-refractivity contribution in [1.82, 2.24) is 10.3 Å². The number of piperazine rings is 1. The monoisotopic (exact) mass is 281 g/mol. The number of benzene rings is 1. The Labute approximate surface area is 122 Å². The maximum atomic E-state index is 11.6. The molecule has 1 aromatic carbocycles. The first-order valence-electron chi connectivity index (χ1n) is 6.77. The molecule has 6 nitrogen and oxygen atoms in total. The molecule has 2 heterocycles. The summed E-state index contributed by atoms with van der Waals surface area (Å²) in [5.41, 5.74) is 6.73. The molecule has 1 aromatic heterocycles. The molecule has 3 rings (SSSR count). The zero-order valence-electron chi connectivity index (χ0n) is 11.4. The van der Waals surface area contributed by atoms with Crippen LogP contribution in [0.15, 0.2) is 30.3 Å². The summed E-state index contributed by atoms with van der Waals surface area (Å²) >= 11 is 0. The highest BCUT2D eigenvalue weighted by atomic mass is 16.1. The molecule has 0 spiro atoms. The summed E-state index contributed by atoms with van der Waals surface area (Å²) in [6.45, 7) is 1.78. The Bertz CT molecular complexity index is 736. The average molecular weight is 281 g/mol. The molecule has 1 atom stereocenters. The van der Waals surface area contributed by atoms with Crippen molar-refractivity contribution in [3.05, 3.63) is 35.9 Å². The molecule has 1 unspecified atom stereocenters. The first-order valence-corrected chi connectivity index (χ1v) is 6.77. The molecule has 0 radical (unpaired) electrons. The topological polar surface area (TPSA) is 95.0 Å². The zero-order chi connectivity index (χ0) is 14.8. The van der Waals surface area contributed by atoms with Gasteiger partial charge in [-0.3, -0.25) is 4.79 Å². The average Bonchev–Trinajstić information content (AvgIpc) is 2.53. The van der Waals surface area contributed by atoms with Crippen LogP contribution in [0, 0.1) is 11.3 Å². The van der Waals surface area contributed by atoms with Crippen LogP contribution in [0.3, 0.4) is 0 Å². The lowest BCUT2D eigenvalue weighted by Crippen LogP contribution is -2.57. The number of nitrogens with two attached hydrogens (primary N) is 1. The van der Waals surface area contributed by atoms with Crippen molar-refractivity contribution in [3.63, 3.8) is 0 Å². The van der Waals surface area contributed by atoms with Crippen LogP contribution in [0.1, 0.15) is 5.56 Å². The molecule has 21 heavy (non-hydrogen) atoms. The standard InChI is InChI=1S/C15H15N5O/c16-8-11-7-10-3-1-2-4-12(10)19-15(11)20-6-5-18-9-13(20)14(17)21/h1-4,7,13,18H,5-6,9H2,(H2,17,21). The number of carbonyl (C=O) groups excluding carboxylic acids is 1. The number of anilines is 1. The summed E-state index contributed by atoms with van der Waals surface area (Å²) < 4.78 is 0. The van der Waals surface area contributed by atoms with Gasteiger partial charge in [-0.25, -0.2) is 4.98 Å². The number of primary amides is 1. The van der Waals surface area contributed by atoms with E-state index in [-0.39, 0.29) is 0 Å². The van der Waals surface area contributed by atoms with E-state index in [2.05, 4.69) is 16.4 Å². The summed E-state index contributed by atoms with van der Waals surface area (Å²) in [5, 5.41) is 13.4. The first-order chi connectivity index (χ1) is 10.2. The third-order valence-electron chi connectivity index (χ3n) is 3.67. The van der Waals surface area contributed by atoms with Crippen LogP contribution < -0.4 is 16.0 Å². The fourth-order valence-corrected chi connectivity index (χ4v) is 2.62. The van der Waals surface area contributed by atoms with Crippen LogP contribution in [-0.4, -0.2) is 36.6 Å². The second-order valence-electron chi connectivity index (χ2n) is 4.98. The first kappa shape index (κ1) is 13.3. The molecule has 0 aliphatic carbocycles. The van der Waals surface area contributed by atoms with E-state index in [1.54, 1.807) is 6.07 Å². The molecule has 0 bridgehead atoms. The quantitative estimate of drug-likeness (QED) is 0.829. The number of nitrogens with one attached hydrogen (secondary N) is 1. The smallest absolute Gasteiger partial charge is 0.241 e. The van der Waals surface area contributed by atoms with Gasteiger partial charge in [0.1, 0.15) is 17.9 Å². The molecule has 1 aliphatic heterocycles. The van der Waals surface area contributed by atoms with Crippen LogP contribution >= 0.6 is 0 Å². The van der Waals surface area contributed by atoms with Crippen LogP contribution in [0.2, 0.25) is 0 Å². The molecule has 0 saturated carbocycles. The van der Waals surface area contributed by atoms with E-state index in [1.807, 2.05) is 29.2 Å². The molecular weight excluding hydrogens is 266 g/mol. The van der Waals surface area contributed by atoms with E-state index in [0.29, 0.717) is 24.5 Å². The van der Waals surface area contributed by atoms with Crippen molar-refractivity contribution in [2.75, 3.05) is 24.5 Å². The number of amides is 1. The fraction of sp³-hybridized carbons (Fsp3) is 0.267. The number of nitrogens with zero attached hydrogens (tertiary/aromatic N) is 3. The zero-order valence-corrected chi connectivity index (χ0v) is 11.4. The minimum Gasteiger partial charge on any atom is -0.368 e. The highest BCUT2D eigenvalue weighted by Gasteiger charge is 2.29. The molecule has 106 valence electrons. The van der Waals surface area contributed by atoms with Crippen molar-refractivity contribution in [2.45, 2.75) is 6.04 Å². The van der Waals surface area contributed by atoms with Gasteiger partial charge in [0.25, 0.3) is 0 Å². The minimum atomic E-state index is -0.487. The van der Waals surface area contributed by atoms with Gasteiger partial charge in [-0.2, -0.15) is 5.26 Å². The lowest BCUT2D eigenvalue weighted by atomic mass is 10.1. The Balaban J connectivity index is 2.13. The Morgan fingerprint density at radius 3 is 3.05 bits per heavy atom. The number of aromatic nitrogens is 1. The van der Waals surface area contributed by atoms with Gasteiger partial charge in [0.15, 0.2) is 0 Å². The Kier molecular flexibility index (Phi) is 3.42. The Hall–Kier alpha value is -2.65. The van der Waals surface area contributed by atoms with Gasteiger partial charge in [-0.15, -0.1) is 0 Å². The van der Waals surface area contributed by atoms with Gasteiger partial charge >= 0.3 is 0 Å². The summed E-state index contributed by atoms with van der Waals surface area (Å²) in [6.07, 6.45) is 0. The van der Waals surface area contributed by atoms with Crippen LogP contribution in [0.5, 0.6) is 0 Å². The molecule has 6 heteroatoms. The minimum absolute atomic E-state index is 0.416. The van der Waals surface area contributed by atoms with Crippen LogP contribution in [-0.2, 0) is 4.79 Å². The third-order valence-corrected chi connectivity index (χ3v) is 3.67. The van der Waals surface area contributed by atoms with Gasteiger partial charge in [-0.1, -0.05) is 18.2 Å². The second kappa shape index (κ2) is 5.38. The van der Waals surface area contributed by atoms with Gasteiger partial charge in [0, 0.05) is 25.0 Å². The van der Waals surface area contributed by atoms with Crippen molar-refractivity contribution in [2.24, 2.45) is 5.73 Å². The Morgan fingerprint density at radius 2 is 2.29 bits per heavy atom. The van der Waals surface area contributed by atoms with E-state index >= 15 is 0 Å². The number of nitriles is 1. The van der Waals surface area contributed by atoms with E-state index in [0.717, 1.165) is 17.4 Å². The number of fused-ring (bicyclic) bond motifs is 1. The van der Waals surface area contributed by atoms with Gasteiger partial charge < -0.3 is 16.0 Å². The van der Waals surface area contributed by atoms with Gasteiger partial charge in [-0.05, 0) is 12.1 Å². The highest BCUT2D eigenvalue weighted by Crippen LogP contribution is 2.25. The summed E-state index contributed by atoms with van der Waals surface area (Å²) in [5.74, 6) is 0.113. The molecular formula is C15H15N5O. The molecule has 1 aliphatic rings. The van der Waals surface area contributed by atoms with Crippen molar-refractivity contribution in [1.29, 1.82) is 5.26 Å². The number of carbonyl (C=O) groups is 1. The second-order valence-corrected chi connectivity index (χ2v) is 4.98. The van der Waals surface area contributed by atoms with Crippen molar-refractivity contribution >= 4 is 22.6 Å². The summed E-state index contributed by atoms with van der Waals surface area (Å²) in [6, 6.07) is 11.1. The molecule has 2 aromatic rings. The van der Waals surface area contributed by atoms with E-state index in [1.165, 1.54) is 0 Å². The summed E-state index contributed by atoms with van der Waals surface area (Å²) in [7, 11) is 0. The molecule has 1 saturated heterocycles. The van der Waals surface area contributed by atoms with Crippen molar-refractivity contribution < 1.29 is 4.79 Å². The van der Waals surface area contributed by atoms with E-state index < -0.39 is 11.9 Å². The van der Waals surface area contributed by atoms with Crippen molar-refractivity contribution in [3.8, 4) is 6.07 Å². The predicted octanol–water partition coefficient (Wildman–Crippen LogP) is 0.370. The number of hydrogen-bond acceptors (Lipinski definition) is 5. The maximum Gasteiger partial charge on any atom is 0.241 e. The van der Waals surface area contributed by atoms with Crippen LogP contribution in [0.4, 0.5) is 5.82 Å². The maximum absolute atomic E-state index is 11.6. The fourth-order valence-electron chi connectivity index (χ4n) is 2.62. The van der Waals surface area contributed by atoms with Gasteiger partial charge in [0.2, 0.25) is 5.91 Å². The lowest BCUT2D eigenvalue weighted by molar-refractivity contribution is -0.119. The largest absolute Gasteiger partial charge is 0.368 e. The molecule has 3 N–H and O–H groups in total. The predicted molar refractivity (Wildman–Crippen MR) is 79.7 cm³/mol. The normalized spacial score (nSPS) is 18.4. The third kappa shape index (κ3) is 2.39. The number of hydrogen-bond donors (Lipinski definition) is 2. The molecule has 1 amide bonds. The summed E-state index contributed by atoms with van der Waals surface area (Å²) in [4.78, 5) is 18.0. The van der Waals surface area contributed by atoms with E-state index in [9.17, 15) is 10.1 Å². The Morgan fingerprint density at radius 1 is 1.48 bits per heavy atom. The molecule has 1 fully saturated rings. The number of para-hydroxylation sites is 1. The van der Waals surface area contributed by atoms with Crippen LogP contribution in [0.25, 0.3) is 10.9 Å².